The number of methoxy groups -OCH3 is 1. The number of nitrogens with two attached hydrogens (primary N) is 1. The number of benzene rings is 1. The van der Waals surface area contributed by atoms with Crippen molar-refractivity contribution < 1.29 is 19.1 Å². The summed E-state index contributed by atoms with van der Waals surface area (Å²) in [5, 5.41) is 6.74. The minimum atomic E-state index is -0.625. The molecular formula is C23H25N5O4. The summed E-state index contributed by atoms with van der Waals surface area (Å²) in [7, 11) is 1.58. The van der Waals surface area contributed by atoms with Gasteiger partial charge in [0.2, 0.25) is 0 Å². The molecule has 166 valence electrons. The lowest BCUT2D eigenvalue weighted by Gasteiger charge is -2.17. The van der Waals surface area contributed by atoms with Gasteiger partial charge in [-0.3, -0.25) is 14.6 Å². The van der Waals surface area contributed by atoms with Crippen molar-refractivity contribution in [3.63, 3.8) is 0 Å². The molecule has 0 bridgehead atoms. The van der Waals surface area contributed by atoms with Crippen molar-refractivity contribution in [1.29, 1.82) is 0 Å². The summed E-state index contributed by atoms with van der Waals surface area (Å²) in [6, 6.07) is 7.32. The number of fused-ring (bicyclic) bond motifs is 2. The van der Waals surface area contributed by atoms with E-state index in [4.69, 9.17) is 15.2 Å². The van der Waals surface area contributed by atoms with Gasteiger partial charge in [0.05, 0.1) is 35.2 Å². The van der Waals surface area contributed by atoms with E-state index in [1.54, 1.807) is 20.1 Å². The van der Waals surface area contributed by atoms with E-state index in [-0.39, 0.29) is 23.3 Å². The van der Waals surface area contributed by atoms with Crippen LogP contribution in [-0.4, -0.2) is 48.1 Å². The highest BCUT2D eigenvalue weighted by Gasteiger charge is 2.21. The van der Waals surface area contributed by atoms with E-state index in [0.29, 0.717) is 35.4 Å². The third kappa shape index (κ3) is 4.06. The average Bonchev–Trinajstić information content (AvgIpc) is 3.27. The van der Waals surface area contributed by atoms with E-state index in [1.807, 2.05) is 25.1 Å². The highest BCUT2D eigenvalue weighted by atomic mass is 16.5. The Hall–Kier alpha value is -3.72. The van der Waals surface area contributed by atoms with Crippen LogP contribution in [0.4, 0.5) is 11.4 Å². The first-order valence-corrected chi connectivity index (χ1v) is 10.3. The Morgan fingerprint density at radius 1 is 1.34 bits per heavy atom. The molecule has 0 saturated carbocycles. The number of carbonyl (C=O) groups is 2. The van der Waals surface area contributed by atoms with Crippen molar-refractivity contribution in [2.45, 2.75) is 26.4 Å². The topological polar surface area (TPSA) is 128 Å². The highest BCUT2D eigenvalue weighted by Crippen LogP contribution is 2.36. The molecule has 4 N–H and O–H groups in total. The van der Waals surface area contributed by atoms with Gasteiger partial charge in [-0.2, -0.15) is 0 Å². The highest BCUT2D eigenvalue weighted by molar-refractivity contribution is 6.09. The maximum Gasteiger partial charge on any atom is 0.270 e. The number of nitrogens with one attached hydrogen (secondary N) is 2. The van der Waals surface area contributed by atoms with Crippen molar-refractivity contribution in [3.05, 3.63) is 53.0 Å². The van der Waals surface area contributed by atoms with Gasteiger partial charge in [0.25, 0.3) is 11.8 Å². The zero-order valence-electron chi connectivity index (χ0n) is 18.2. The standard InChI is InChI=1S/C23H25N5O4/c1-12(31-3)10-26-23(30)18-9-15-20(13(2)27-18)25-11-16(22(24)29)21(15)28-17-5-4-6-19-14(17)7-8-32-19/h4-6,9,11-12H,7-8,10H2,1-3H3,(H2,24,29)(H,25,28)(H,26,30)/t12-/m1/s1. The Morgan fingerprint density at radius 3 is 2.91 bits per heavy atom. The smallest absolute Gasteiger partial charge is 0.270 e. The van der Waals surface area contributed by atoms with Gasteiger partial charge >= 0.3 is 0 Å². The lowest BCUT2D eigenvalue weighted by atomic mass is 10.1. The second-order valence-corrected chi connectivity index (χ2v) is 7.66. The molecule has 0 unspecified atom stereocenters. The lowest BCUT2D eigenvalue weighted by molar-refractivity contribution is 0.0866. The summed E-state index contributed by atoms with van der Waals surface area (Å²) in [6.07, 6.45) is 2.05. The zero-order chi connectivity index (χ0) is 22.8. The lowest BCUT2D eigenvalue weighted by Crippen LogP contribution is -2.32. The van der Waals surface area contributed by atoms with Gasteiger partial charge in [-0.1, -0.05) is 6.07 Å². The molecule has 32 heavy (non-hydrogen) atoms. The summed E-state index contributed by atoms with van der Waals surface area (Å²) in [4.78, 5) is 33.7. The van der Waals surface area contributed by atoms with Crippen LogP contribution in [-0.2, 0) is 11.2 Å². The number of hydrogen-bond donors (Lipinski definition) is 3. The van der Waals surface area contributed by atoms with Gasteiger partial charge in [0, 0.05) is 42.9 Å². The maximum absolute atomic E-state index is 12.7. The number of primary amides is 1. The Labute approximate surface area is 185 Å². The van der Waals surface area contributed by atoms with E-state index in [1.165, 1.54) is 6.20 Å². The normalized spacial score (nSPS) is 13.3. The Bertz CT molecular complexity index is 1210. The molecule has 0 aliphatic carbocycles. The van der Waals surface area contributed by atoms with Gasteiger partial charge in [0.15, 0.2) is 0 Å². The molecule has 1 atom stereocenters. The molecule has 4 rings (SSSR count). The fourth-order valence-corrected chi connectivity index (χ4v) is 3.68. The Kier molecular flexibility index (Phi) is 5.91. The minimum absolute atomic E-state index is 0.136. The summed E-state index contributed by atoms with van der Waals surface area (Å²) < 4.78 is 10.8. The number of nitrogens with zero attached hydrogens (tertiary/aromatic N) is 2. The molecular weight excluding hydrogens is 410 g/mol. The fraction of sp³-hybridized carbons (Fsp3) is 0.304. The van der Waals surface area contributed by atoms with Crippen molar-refractivity contribution in [1.82, 2.24) is 15.3 Å². The van der Waals surface area contributed by atoms with Crippen LogP contribution in [0.1, 0.15) is 39.0 Å². The number of rotatable bonds is 7. The molecule has 1 aromatic carbocycles. The molecule has 0 spiro atoms. The monoisotopic (exact) mass is 435 g/mol. The molecule has 2 amide bonds. The van der Waals surface area contributed by atoms with Crippen LogP contribution in [0.15, 0.2) is 30.5 Å². The van der Waals surface area contributed by atoms with E-state index < -0.39 is 5.91 Å². The van der Waals surface area contributed by atoms with E-state index >= 15 is 0 Å². The van der Waals surface area contributed by atoms with Gasteiger partial charge in [0.1, 0.15) is 11.4 Å². The summed E-state index contributed by atoms with van der Waals surface area (Å²) in [5.74, 6) is -0.164. The Morgan fingerprint density at radius 2 is 2.16 bits per heavy atom. The molecule has 1 aliphatic rings. The Balaban J connectivity index is 1.82. The number of anilines is 2. The number of pyridine rings is 2. The maximum atomic E-state index is 12.7. The summed E-state index contributed by atoms with van der Waals surface area (Å²) in [6.45, 7) is 4.56. The first-order chi connectivity index (χ1) is 15.4. The first kappa shape index (κ1) is 21.5. The molecule has 2 aromatic heterocycles. The van der Waals surface area contributed by atoms with Crippen LogP contribution in [0.25, 0.3) is 10.9 Å². The van der Waals surface area contributed by atoms with Crippen LogP contribution in [0.5, 0.6) is 5.75 Å². The third-order valence-corrected chi connectivity index (χ3v) is 5.48. The number of amides is 2. The van der Waals surface area contributed by atoms with Crippen molar-refractivity contribution in [2.24, 2.45) is 5.73 Å². The van der Waals surface area contributed by atoms with Crippen LogP contribution in [0.2, 0.25) is 0 Å². The van der Waals surface area contributed by atoms with Gasteiger partial charge in [-0.15, -0.1) is 0 Å². The molecule has 9 heteroatoms. The van der Waals surface area contributed by atoms with Crippen molar-refractivity contribution in [3.8, 4) is 5.75 Å². The van der Waals surface area contributed by atoms with E-state index in [0.717, 1.165) is 23.4 Å². The molecule has 9 nitrogen and oxygen atoms in total. The SMILES string of the molecule is CO[C@H](C)CNC(=O)c1cc2c(Nc3cccc4c3CCO4)c(C(N)=O)cnc2c(C)n1. The average molecular weight is 435 g/mol. The number of hydrogen-bond acceptors (Lipinski definition) is 7. The third-order valence-electron chi connectivity index (χ3n) is 5.48. The molecule has 0 fully saturated rings. The quantitative estimate of drug-likeness (QED) is 0.520. The van der Waals surface area contributed by atoms with Gasteiger partial charge in [-0.25, -0.2) is 4.98 Å². The van der Waals surface area contributed by atoms with Crippen molar-refractivity contribution >= 4 is 34.1 Å². The molecule has 3 aromatic rings. The second-order valence-electron chi connectivity index (χ2n) is 7.66. The van der Waals surface area contributed by atoms with E-state index in [2.05, 4.69) is 20.6 Å². The van der Waals surface area contributed by atoms with Crippen LogP contribution in [0, 0.1) is 6.92 Å². The van der Waals surface area contributed by atoms with Crippen LogP contribution >= 0.6 is 0 Å². The first-order valence-electron chi connectivity index (χ1n) is 10.3. The molecule has 0 radical (unpaired) electrons. The second kappa shape index (κ2) is 8.80. The van der Waals surface area contributed by atoms with Crippen LogP contribution in [0.3, 0.4) is 0 Å². The van der Waals surface area contributed by atoms with Crippen molar-refractivity contribution in [2.75, 3.05) is 25.6 Å². The number of aryl methyl sites for hydroxylation is 1. The summed E-state index contributed by atoms with van der Waals surface area (Å²) in [5.41, 5.74) is 9.53. The largest absolute Gasteiger partial charge is 0.493 e. The number of ether oxygens (including phenoxy) is 2. The molecule has 3 heterocycles. The number of aromatic nitrogens is 2. The molecule has 1 aliphatic heterocycles. The predicted octanol–water partition coefficient (Wildman–Crippen LogP) is 2.48. The van der Waals surface area contributed by atoms with Crippen LogP contribution < -0.4 is 21.1 Å². The number of carbonyl (C=O) groups excluding carboxylic acids is 2. The van der Waals surface area contributed by atoms with Gasteiger partial charge in [-0.05, 0) is 32.0 Å². The zero-order valence-corrected chi connectivity index (χ0v) is 18.2. The van der Waals surface area contributed by atoms with E-state index in [9.17, 15) is 9.59 Å². The minimum Gasteiger partial charge on any atom is -0.493 e. The van der Waals surface area contributed by atoms with Gasteiger partial charge < -0.3 is 25.8 Å². The predicted molar refractivity (Wildman–Crippen MR) is 121 cm³/mol. The fourth-order valence-electron chi connectivity index (χ4n) is 3.68. The molecule has 0 saturated heterocycles. The summed E-state index contributed by atoms with van der Waals surface area (Å²) >= 11 is 0.